The van der Waals surface area contributed by atoms with E-state index in [1.807, 2.05) is 6.07 Å². The van der Waals surface area contributed by atoms with Gasteiger partial charge in [0.25, 0.3) is 11.6 Å². The number of hydrogen-bond donors (Lipinski definition) is 1. The maximum absolute atomic E-state index is 13.3. The zero-order valence-electron chi connectivity index (χ0n) is 14.3. The molecule has 1 unspecified atom stereocenters. The Balaban J connectivity index is 0.00000182. The summed E-state index contributed by atoms with van der Waals surface area (Å²) in [4.78, 5) is 2.22. The number of aryl methyl sites for hydroxylation is 1. The van der Waals surface area contributed by atoms with Crippen molar-refractivity contribution < 1.29 is 31.1 Å². The average Bonchev–Trinajstić information content (AvgIpc) is 2.90. The molecule has 0 bridgehead atoms. The van der Waals surface area contributed by atoms with Crippen LogP contribution in [0.3, 0.4) is 0 Å². The molecule has 0 fully saturated rings. The molecule has 0 saturated heterocycles. The molecule has 0 amide bonds. The van der Waals surface area contributed by atoms with Gasteiger partial charge in [-0.2, -0.15) is 0 Å². The zero-order chi connectivity index (χ0) is 16.7. The molecule has 0 saturated carbocycles. The summed E-state index contributed by atoms with van der Waals surface area (Å²) < 4.78 is 15.4. The van der Waals surface area contributed by atoms with Gasteiger partial charge in [0.05, 0.1) is 6.54 Å². The van der Waals surface area contributed by atoms with Crippen LogP contribution in [0.1, 0.15) is 30.4 Å². The van der Waals surface area contributed by atoms with E-state index in [2.05, 4.69) is 34.6 Å². The van der Waals surface area contributed by atoms with Crippen LogP contribution in [0.25, 0.3) is 0 Å². The van der Waals surface area contributed by atoms with Gasteiger partial charge in [0.2, 0.25) is 0 Å². The van der Waals surface area contributed by atoms with Crippen molar-refractivity contribution in [1.29, 1.82) is 0 Å². The normalized spacial score (nSPS) is 22.6. The van der Waals surface area contributed by atoms with E-state index in [0.717, 1.165) is 37.1 Å². The maximum atomic E-state index is 13.3. The fourth-order valence-corrected chi connectivity index (χ4v) is 3.89. The number of amidine groups is 1. The highest BCUT2D eigenvalue weighted by Crippen LogP contribution is 2.35. The van der Waals surface area contributed by atoms with Gasteiger partial charge < -0.3 is 22.1 Å². The smallest absolute Gasteiger partial charge is 0.271 e. The van der Waals surface area contributed by atoms with Crippen LogP contribution in [-0.2, 0) is 5.72 Å². The lowest BCUT2D eigenvalue weighted by Gasteiger charge is -2.24. The van der Waals surface area contributed by atoms with Gasteiger partial charge in [-0.1, -0.05) is 12.1 Å². The molecule has 1 atom stereocenters. The van der Waals surface area contributed by atoms with Crippen LogP contribution in [0, 0.1) is 12.7 Å². The third-order valence-electron chi connectivity index (χ3n) is 5.10. The first-order valence-electron chi connectivity index (χ1n) is 8.54. The standard InChI is InChI=1S/C20H22FN2O.BrH/c1-15-5-4-6-18(13-15)22-14-20(24,16-8-10-17(21)11-9-16)23-12-3-2-7-19(22)23;/h4-6,8-11,13,24H,2-3,7,12,14H2,1H3;1H/q+1;/p-1. The van der Waals surface area contributed by atoms with Crippen molar-refractivity contribution in [1.82, 2.24) is 0 Å². The fourth-order valence-electron chi connectivity index (χ4n) is 3.89. The topological polar surface area (TPSA) is 26.5 Å². The fraction of sp³-hybridized carbons (Fsp3) is 0.350. The summed E-state index contributed by atoms with van der Waals surface area (Å²) in [7, 11) is 0. The second-order valence-corrected chi connectivity index (χ2v) is 6.77. The molecule has 0 spiro atoms. The number of rotatable bonds is 2. The highest BCUT2D eigenvalue weighted by Gasteiger charge is 2.52. The van der Waals surface area contributed by atoms with Gasteiger partial charge in [-0.15, -0.1) is 0 Å². The molecule has 2 aliphatic heterocycles. The van der Waals surface area contributed by atoms with Gasteiger partial charge in [0.1, 0.15) is 11.5 Å². The van der Waals surface area contributed by atoms with Crippen molar-refractivity contribution in [3.63, 3.8) is 0 Å². The SMILES string of the molecule is Cc1cccc(N2CC(O)(c3ccc(F)cc3)[N+]3=C2CCCC3)c1.[Br-]. The minimum absolute atomic E-state index is 0. The summed E-state index contributed by atoms with van der Waals surface area (Å²) in [6.45, 7) is 3.37. The summed E-state index contributed by atoms with van der Waals surface area (Å²) in [6.07, 6.45) is 3.15. The van der Waals surface area contributed by atoms with E-state index < -0.39 is 5.72 Å². The first kappa shape index (κ1) is 18.1. The molecule has 2 heterocycles. The Morgan fingerprint density at radius 1 is 1.12 bits per heavy atom. The van der Waals surface area contributed by atoms with Crippen molar-refractivity contribution in [2.45, 2.75) is 31.9 Å². The van der Waals surface area contributed by atoms with E-state index >= 15 is 0 Å². The molecule has 132 valence electrons. The van der Waals surface area contributed by atoms with Crippen molar-refractivity contribution in [3.8, 4) is 0 Å². The lowest BCUT2D eigenvalue weighted by molar-refractivity contribution is -0.661. The molecule has 2 aromatic rings. The Bertz CT molecular complexity index is 806. The Kier molecular flexibility index (Phi) is 4.98. The molecule has 0 aliphatic carbocycles. The van der Waals surface area contributed by atoms with E-state index in [4.69, 9.17) is 0 Å². The number of halogens is 2. The first-order chi connectivity index (χ1) is 11.6. The molecule has 0 radical (unpaired) electrons. The number of β-amino-alcohol motifs (C(OH)–C–C–N with tert-alkyl or cyclic N) is 1. The number of benzene rings is 2. The number of nitrogens with zero attached hydrogens (tertiary/aromatic N) is 2. The van der Waals surface area contributed by atoms with Gasteiger partial charge in [-0.25, -0.2) is 13.9 Å². The van der Waals surface area contributed by atoms with Crippen LogP contribution >= 0.6 is 0 Å². The third-order valence-corrected chi connectivity index (χ3v) is 5.10. The Morgan fingerprint density at radius 2 is 1.88 bits per heavy atom. The molecule has 3 nitrogen and oxygen atoms in total. The molecule has 5 heteroatoms. The van der Waals surface area contributed by atoms with Gasteiger partial charge >= 0.3 is 0 Å². The lowest BCUT2D eigenvalue weighted by Crippen LogP contribution is -3.00. The van der Waals surface area contributed by atoms with Crippen LogP contribution in [0.5, 0.6) is 0 Å². The van der Waals surface area contributed by atoms with Crippen molar-refractivity contribution in [2.24, 2.45) is 0 Å². The van der Waals surface area contributed by atoms with E-state index in [0.29, 0.717) is 6.54 Å². The van der Waals surface area contributed by atoms with Crippen molar-refractivity contribution >= 4 is 11.5 Å². The summed E-state index contributed by atoms with van der Waals surface area (Å²) in [6, 6.07) is 14.6. The van der Waals surface area contributed by atoms with Crippen LogP contribution in [0.4, 0.5) is 10.1 Å². The number of hydrogen-bond acceptors (Lipinski definition) is 2. The van der Waals surface area contributed by atoms with Crippen LogP contribution in [0.15, 0.2) is 48.5 Å². The van der Waals surface area contributed by atoms with Crippen LogP contribution < -0.4 is 21.9 Å². The van der Waals surface area contributed by atoms with E-state index in [-0.39, 0.29) is 22.8 Å². The second kappa shape index (κ2) is 6.89. The summed E-state index contributed by atoms with van der Waals surface area (Å²) in [5.41, 5.74) is 1.95. The predicted octanol–water partition coefficient (Wildman–Crippen LogP) is 0.398. The minimum atomic E-state index is -1.10. The Labute approximate surface area is 158 Å². The highest BCUT2D eigenvalue weighted by molar-refractivity contribution is 5.96. The van der Waals surface area contributed by atoms with Crippen LogP contribution in [-0.4, -0.2) is 28.6 Å². The summed E-state index contributed by atoms with van der Waals surface area (Å²) in [5.74, 6) is 0.886. The van der Waals surface area contributed by atoms with Gasteiger partial charge in [0, 0.05) is 12.0 Å². The first-order valence-corrected chi connectivity index (χ1v) is 8.54. The van der Waals surface area contributed by atoms with E-state index in [1.54, 1.807) is 12.1 Å². The monoisotopic (exact) mass is 404 g/mol. The van der Waals surface area contributed by atoms with Crippen molar-refractivity contribution in [2.75, 3.05) is 18.0 Å². The largest absolute Gasteiger partial charge is 1.00 e. The van der Waals surface area contributed by atoms with Gasteiger partial charge in [0.15, 0.2) is 6.54 Å². The Hall–Kier alpha value is -1.72. The van der Waals surface area contributed by atoms with Crippen molar-refractivity contribution in [3.05, 3.63) is 65.5 Å². The molecule has 25 heavy (non-hydrogen) atoms. The van der Waals surface area contributed by atoms with Gasteiger partial charge in [-0.05, 0) is 61.7 Å². The molecule has 1 N–H and O–H groups in total. The summed E-state index contributed by atoms with van der Waals surface area (Å²) in [5, 5.41) is 11.5. The predicted molar refractivity (Wildman–Crippen MR) is 92.8 cm³/mol. The van der Waals surface area contributed by atoms with Gasteiger partial charge in [-0.3, -0.25) is 0 Å². The molecule has 2 aromatic carbocycles. The quantitative estimate of drug-likeness (QED) is 0.733. The molecule has 0 aromatic heterocycles. The average molecular weight is 405 g/mol. The molecule has 2 aliphatic rings. The third kappa shape index (κ3) is 3.11. The molecule has 4 rings (SSSR count). The minimum Gasteiger partial charge on any atom is -1.00 e. The maximum Gasteiger partial charge on any atom is 0.271 e. The molecular formula is C20H22BrFN2O. The van der Waals surface area contributed by atoms with E-state index in [1.165, 1.54) is 23.5 Å². The summed E-state index contributed by atoms with van der Waals surface area (Å²) >= 11 is 0. The Morgan fingerprint density at radius 3 is 2.60 bits per heavy atom. The zero-order valence-corrected chi connectivity index (χ0v) is 15.8. The lowest BCUT2D eigenvalue weighted by atomic mass is 10.0. The highest BCUT2D eigenvalue weighted by atomic mass is 79.9. The van der Waals surface area contributed by atoms with E-state index in [9.17, 15) is 9.50 Å². The molecular weight excluding hydrogens is 383 g/mol. The second-order valence-electron chi connectivity index (χ2n) is 6.77. The van der Waals surface area contributed by atoms with Crippen LogP contribution in [0.2, 0.25) is 0 Å². The number of aliphatic hydroxyl groups is 1. The number of anilines is 1.